The summed E-state index contributed by atoms with van der Waals surface area (Å²) in [5.41, 5.74) is -1.08. The highest BCUT2D eigenvalue weighted by Crippen LogP contribution is 2.68. The zero-order valence-corrected chi connectivity index (χ0v) is 15.4. The molecule has 0 heterocycles. The molecule has 0 amide bonds. The lowest BCUT2D eigenvalue weighted by Gasteiger charge is -2.65. The number of carboxylic acid groups (broad SMARTS) is 1. The fraction of sp³-hybridized carbons (Fsp3) is 0.800. The predicted molar refractivity (Wildman–Crippen MR) is 92.8 cm³/mol. The summed E-state index contributed by atoms with van der Waals surface area (Å²) >= 11 is 0. The molecular weight excluding hydrogens is 320 g/mol. The first kappa shape index (κ1) is 18.6. The first-order chi connectivity index (χ1) is 11.4. The maximum atomic E-state index is 13.0. The molecule has 0 aromatic carbocycles. The Morgan fingerprint density at radius 2 is 2.04 bits per heavy atom. The molecule has 4 saturated carbocycles. The first-order valence-electron chi connectivity index (χ1n) is 9.28. The van der Waals surface area contributed by atoms with Gasteiger partial charge < -0.3 is 15.3 Å². The number of aliphatic carboxylic acids is 1. The number of carbonyl (C=O) groups is 2. The Bertz CT molecular complexity index is 618. The van der Waals surface area contributed by atoms with Crippen molar-refractivity contribution in [3.8, 4) is 0 Å². The molecule has 4 aliphatic rings. The lowest BCUT2D eigenvalue weighted by molar-refractivity contribution is -0.195. The summed E-state index contributed by atoms with van der Waals surface area (Å²) in [6.07, 6.45) is 2.04. The number of hydrogen-bond donors (Lipinski definition) is 3. The number of aliphatic hydroxyl groups excluding tert-OH is 1. The van der Waals surface area contributed by atoms with Crippen molar-refractivity contribution in [2.24, 2.45) is 28.6 Å². The molecule has 2 bridgehead atoms. The van der Waals surface area contributed by atoms with Gasteiger partial charge in [-0.1, -0.05) is 19.1 Å². The fourth-order valence-corrected chi connectivity index (χ4v) is 6.54. The smallest absolute Gasteiger partial charge is 0.303 e. The van der Waals surface area contributed by atoms with Gasteiger partial charge in [-0.25, -0.2) is 0 Å². The molecule has 140 valence electrons. The Labute approximate surface area is 149 Å². The van der Waals surface area contributed by atoms with Gasteiger partial charge in [0.05, 0.1) is 5.60 Å². The van der Waals surface area contributed by atoms with E-state index < -0.39 is 28.5 Å². The Balaban J connectivity index is 2.06. The van der Waals surface area contributed by atoms with Crippen LogP contribution < -0.4 is 0 Å². The standard InChI is InChI=1S/C20H30O5/c1-11-10-20-8-5-13(18(2,3)25)19(4,7-6-15(21)22)14(20)9-12(11)16(23)17(20)24/h12-14,16,23,25H,1,5-10H2,2-4H3,(H,21,22)/t12-,13-,14+,16+,19-,20-/m1/s1. The molecular formula is C20H30O5. The second-order valence-corrected chi connectivity index (χ2v) is 9.34. The van der Waals surface area contributed by atoms with Crippen LogP contribution in [-0.2, 0) is 9.59 Å². The van der Waals surface area contributed by atoms with Crippen molar-refractivity contribution in [1.29, 1.82) is 0 Å². The van der Waals surface area contributed by atoms with Gasteiger partial charge in [0.1, 0.15) is 6.10 Å². The summed E-state index contributed by atoms with van der Waals surface area (Å²) in [6, 6.07) is 0. The molecule has 0 aromatic heterocycles. The van der Waals surface area contributed by atoms with Gasteiger partial charge in [-0.2, -0.15) is 0 Å². The molecule has 6 atom stereocenters. The van der Waals surface area contributed by atoms with Crippen LogP contribution in [0.4, 0.5) is 0 Å². The van der Waals surface area contributed by atoms with Crippen LogP contribution in [-0.4, -0.2) is 38.8 Å². The summed E-state index contributed by atoms with van der Waals surface area (Å²) in [6.45, 7) is 9.72. The average molecular weight is 350 g/mol. The summed E-state index contributed by atoms with van der Waals surface area (Å²) in [5.74, 6) is -1.27. The van der Waals surface area contributed by atoms with E-state index in [0.717, 1.165) is 5.57 Å². The molecule has 25 heavy (non-hydrogen) atoms. The first-order valence-corrected chi connectivity index (χ1v) is 9.28. The zero-order valence-electron chi connectivity index (χ0n) is 15.4. The van der Waals surface area contributed by atoms with Crippen LogP contribution in [0.15, 0.2) is 12.2 Å². The molecule has 0 aromatic rings. The second kappa shape index (κ2) is 5.65. The van der Waals surface area contributed by atoms with Crippen molar-refractivity contribution in [2.75, 3.05) is 0 Å². The molecule has 4 fully saturated rings. The van der Waals surface area contributed by atoms with Gasteiger partial charge >= 0.3 is 5.97 Å². The number of rotatable bonds is 4. The normalized spacial score (nSPS) is 43.9. The number of Topliss-reactive ketones (excluding diaryl/α,β-unsaturated/α-hetero) is 1. The number of ketones is 1. The molecule has 3 N–H and O–H groups in total. The molecule has 4 aliphatic carbocycles. The Kier molecular flexibility index (Phi) is 4.20. The summed E-state index contributed by atoms with van der Waals surface area (Å²) < 4.78 is 0. The van der Waals surface area contributed by atoms with Gasteiger partial charge in [-0.05, 0) is 63.2 Å². The summed E-state index contributed by atoms with van der Waals surface area (Å²) in [4.78, 5) is 24.2. The maximum Gasteiger partial charge on any atom is 0.303 e. The highest BCUT2D eigenvalue weighted by molar-refractivity contribution is 5.92. The van der Waals surface area contributed by atoms with Gasteiger partial charge in [0.25, 0.3) is 0 Å². The van der Waals surface area contributed by atoms with Crippen molar-refractivity contribution in [3.63, 3.8) is 0 Å². The third-order valence-electron chi connectivity index (χ3n) is 7.57. The van der Waals surface area contributed by atoms with E-state index in [2.05, 4.69) is 6.58 Å². The molecule has 0 aliphatic heterocycles. The van der Waals surface area contributed by atoms with Crippen LogP contribution in [0.1, 0.15) is 59.3 Å². The van der Waals surface area contributed by atoms with E-state index in [4.69, 9.17) is 0 Å². The molecule has 0 radical (unpaired) electrons. The van der Waals surface area contributed by atoms with Crippen LogP contribution in [0.3, 0.4) is 0 Å². The van der Waals surface area contributed by atoms with Gasteiger partial charge in [0, 0.05) is 17.8 Å². The van der Waals surface area contributed by atoms with E-state index in [-0.39, 0.29) is 30.0 Å². The maximum absolute atomic E-state index is 13.0. The Morgan fingerprint density at radius 3 is 2.60 bits per heavy atom. The number of fused-ring (bicyclic) bond motifs is 2. The third kappa shape index (κ3) is 2.58. The van der Waals surface area contributed by atoms with Gasteiger partial charge in [-0.15, -0.1) is 0 Å². The minimum atomic E-state index is -0.972. The molecule has 0 unspecified atom stereocenters. The molecule has 5 nitrogen and oxygen atoms in total. The molecule has 5 heteroatoms. The minimum absolute atomic E-state index is 0.0177. The lowest BCUT2D eigenvalue weighted by Crippen LogP contribution is -2.66. The van der Waals surface area contributed by atoms with Crippen molar-refractivity contribution in [3.05, 3.63) is 12.2 Å². The zero-order chi connectivity index (χ0) is 18.8. The number of carboxylic acids is 1. The van der Waals surface area contributed by atoms with E-state index in [9.17, 15) is 24.9 Å². The number of aliphatic hydroxyl groups is 2. The topological polar surface area (TPSA) is 94.8 Å². The van der Waals surface area contributed by atoms with E-state index in [1.807, 2.05) is 6.92 Å². The predicted octanol–water partition coefficient (Wildman–Crippen LogP) is 2.55. The number of carbonyl (C=O) groups excluding carboxylic acids is 1. The van der Waals surface area contributed by atoms with E-state index >= 15 is 0 Å². The van der Waals surface area contributed by atoms with Gasteiger partial charge in [-0.3, -0.25) is 9.59 Å². The fourth-order valence-electron chi connectivity index (χ4n) is 6.54. The van der Waals surface area contributed by atoms with E-state index in [1.165, 1.54) is 0 Å². The van der Waals surface area contributed by atoms with Crippen molar-refractivity contribution in [2.45, 2.75) is 71.0 Å². The quantitative estimate of drug-likeness (QED) is 0.677. The average Bonchev–Trinajstić information content (AvgIpc) is 2.48. The summed E-state index contributed by atoms with van der Waals surface area (Å²) in [5, 5.41) is 30.4. The Morgan fingerprint density at radius 1 is 1.40 bits per heavy atom. The molecule has 0 saturated heterocycles. The van der Waals surface area contributed by atoms with Crippen LogP contribution in [0.5, 0.6) is 0 Å². The van der Waals surface area contributed by atoms with Crippen molar-refractivity contribution < 1.29 is 24.9 Å². The minimum Gasteiger partial charge on any atom is -0.481 e. The van der Waals surface area contributed by atoms with E-state index in [0.29, 0.717) is 32.1 Å². The molecule has 4 rings (SSSR count). The second-order valence-electron chi connectivity index (χ2n) is 9.34. The lowest BCUT2D eigenvalue weighted by atomic mass is 9.38. The summed E-state index contributed by atoms with van der Waals surface area (Å²) in [7, 11) is 0. The van der Waals surface area contributed by atoms with Crippen LogP contribution in [0.2, 0.25) is 0 Å². The van der Waals surface area contributed by atoms with Crippen molar-refractivity contribution >= 4 is 11.8 Å². The molecule has 1 spiro atoms. The Hall–Kier alpha value is -1.20. The third-order valence-corrected chi connectivity index (χ3v) is 7.57. The number of hydrogen-bond acceptors (Lipinski definition) is 4. The largest absolute Gasteiger partial charge is 0.481 e. The van der Waals surface area contributed by atoms with Gasteiger partial charge in [0.15, 0.2) is 5.78 Å². The van der Waals surface area contributed by atoms with E-state index in [1.54, 1.807) is 13.8 Å². The van der Waals surface area contributed by atoms with Crippen LogP contribution in [0.25, 0.3) is 0 Å². The van der Waals surface area contributed by atoms with Crippen LogP contribution >= 0.6 is 0 Å². The highest BCUT2D eigenvalue weighted by Gasteiger charge is 2.67. The monoisotopic (exact) mass is 350 g/mol. The van der Waals surface area contributed by atoms with Gasteiger partial charge in [0.2, 0.25) is 0 Å². The SMILES string of the molecule is C=C1C[C@]23CC[C@H](C(C)(C)O)[C@@](C)(CCC(=O)O)[C@@H]2C[C@H]1[C@H](O)C3=O. The highest BCUT2D eigenvalue weighted by atomic mass is 16.4. The van der Waals surface area contributed by atoms with Crippen LogP contribution in [0, 0.1) is 28.6 Å². The van der Waals surface area contributed by atoms with Crippen molar-refractivity contribution in [1.82, 2.24) is 0 Å².